The predicted molar refractivity (Wildman–Crippen MR) is 125 cm³/mol. The Bertz CT molecular complexity index is 1180. The first-order chi connectivity index (χ1) is 14.6. The molecule has 1 aliphatic carbocycles. The van der Waals surface area contributed by atoms with Crippen LogP contribution < -0.4 is 26.1 Å². The lowest BCUT2D eigenvalue weighted by atomic mass is 10.1. The average molecular weight is 420 g/mol. The van der Waals surface area contributed by atoms with E-state index in [1.54, 1.807) is 17.4 Å². The Morgan fingerprint density at radius 2 is 2.00 bits per heavy atom. The zero-order chi connectivity index (χ0) is 20.9. The number of nitrogens with one attached hydrogen (secondary N) is 2. The highest BCUT2D eigenvalue weighted by molar-refractivity contribution is 7.17. The molecule has 1 fully saturated rings. The molecular weight excluding hydrogens is 394 g/mol. The normalized spacial score (nSPS) is 15.6. The number of urea groups is 1. The molecule has 1 saturated carbocycles. The maximum Gasteiger partial charge on any atom is 0.319 e. The van der Waals surface area contributed by atoms with Crippen molar-refractivity contribution in [1.82, 2.24) is 15.3 Å². The van der Waals surface area contributed by atoms with Crippen molar-refractivity contribution in [2.45, 2.75) is 38.1 Å². The second-order valence-electron chi connectivity index (χ2n) is 7.40. The number of hydrogen-bond donors (Lipinski definition) is 3. The lowest BCUT2D eigenvalue weighted by Crippen LogP contribution is -2.36. The number of allylic oxidation sites excluding steroid dienone is 1. The van der Waals surface area contributed by atoms with Crippen molar-refractivity contribution in [3.63, 3.8) is 0 Å². The Balaban J connectivity index is 1.48. The number of anilines is 2. The van der Waals surface area contributed by atoms with Crippen LogP contribution in [0.25, 0.3) is 22.4 Å². The third-order valence-corrected chi connectivity index (χ3v) is 6.49. The number of hydrogen-bond acceptors (Lipinski definition) is 5. The fourth-order valence-electron chi connectivity index (χ4n) is 3.75. The molecule has 2 amide bonds. The topological polar surface area (TPSA) is 92.9 Å². The van der Waals surface area contributed by atoms with E-state index in [0.29, 0.717) is 11.9 Å². The largest absolute Gasteiger partial charge is 0.382 e. The van der Waals surface area contributed by atoms with Crippen molar-refractivity contribution >= 4 is 51.2 Å². The van der Waals surface area contributed by atoms with Crippen LogP contribution >= 0.6 is 11.3 Å². The van der Waals surface area contributed by atoms with Gasteiger partial charge < -0.3 is 16.4 Å². The number of carbonyl (C=O) groups excluding carboxylic acids is 1. The molecule has 0 saturated heterocycles. The van der Waals surface area contributed by atoms with Crippen LogP contribution in [0.2, 0.25) is 0 Å². The van der Waals surface area contributed by atoms with Crippen LogP contribution in [0, 0.1) is 0 Å². The molecule has 6 nitrogen and oxygen atoms in total. The van der Waals surface area contributed by atoms with Gasteiger partial charge in [-0.25, -0.2) is 14.8 Å². The van der Waals surface area contributed by atoms with E-state index in [-0.39, 0.29) is 6.03 Å². The van der Waals surface area contributed by atoms with Gasteiger partial charge in [0, 0.05) is 21.5 Å². The highest BCUT2D eigenvalue weighted by Gasteiger charge is 2.16. The van der Waals surface area contributed by atoms with Crippen molar-refractivity contribution in [3.05, 3.63) is 58.6 Å². The molecule has 0 unspecified atom stereocenters. The summed E-state index contributed by atoms with van der Waals surface area (Å²) < 4.78 is 1.99. The lowest BCUT2D eigenvalue weighted by molar-refractivity contribution is 0.248. The van der Waals surface area contributed by atoms with Gasteiger partial charge in [0.2, 0.25) is 0 Å². The molecule has 154 valence electrons. The van der Waals surface area contributed by atoms with Crippen molar-refractivity contribution in [2.75, 3.05) is 11.1 Å². The minimum Gasteiger partial charge on any atom is -0.382 e. The van der Waals surface area contributed by atoms with Crippen molar-refractivity contribution < 1.29 is 4.79 Å². The van der Waals surface area contributed by atoms with Gasteiger partial charge in [-0.15, -0.1) is 11.3 Å². The molecular formula is C23H25N5OS. The smallest absolute Gasteiger partial charge is 0.319 e. The monoisotopic (exact) mass is 419 g/mol. The summed E-state index contributed by atoms with van der Waals surface area (Å²) in [5.41, 5.74) is 8.81. The Kier molecular flexibility index (Phi) is 6.09. The van der Waals surface area contributed by atoms with E-state index in [4.69, 9.17) is 5.73 Å². The van der Waals surface area contributed by atoms with Crippen LogP contribution in [0.3, 0.4) is 0 Å². The summed E-state index contributed by atoms with van der Waals surface area (Å²) in [6.07, 6.45) is 12.7. The van der Waals surface area contributed by atoms with Crippen LogP contribution in [-0.2, 0) is 6.42 Å². The maximum absolute atomic E-state index is 12.1. The quantitative estimate of drug-likeness (QED) is 0.591. The molecule has 2 aromatic heterocycles. The first-order valence-electron chi connectivity index (χ1n) is 10.1. The molecule has 0 spiro atoms. The zero-order valence-electron chi connectivity index (χ0n) is 16.7. The Morgan fingerprint density at radius 1 is 1.23 bits per heavy atom. The summed E-state index contributed by atoms with van der Waals surface area (Å²) >= 11 is 1.59. The Morgan fingerprint density at radius 3 is 2.73 bits per heavy atom. The summed E-state index contributed by atoms with van der Waals surface area (Å²) in [6.45, 7) is 3.81. The molecule has 3 aromatic rings. The molecule has 4 N–H and O–H groups in total. The minimum atomic E-state index is -0.130. The van der Waals surface area contributed by atoms with Gasteiger partial charge in [-0.1, -0.05) is 49.8 Å². The van der Waals surface area contributed by atoms with Crippen molar-refractivity contribution in [3.8, 4) is 0 Å². The molecule has 0 atom stereocenters. The van der Waals surface area contributed by atoms with Gasteiger partial charge >= 0.3 is 6.03 Å². The van der Waals surface area contributed by atoms with Crippen molar-refractivity contribution in [1.29, 1.82) is 0 Å². The number of benzene rings is 1. The predicted octanol–water partition coefficient (Wildman–Crippen LogP) is 3.33. The SMILES string of the molecule is C=C/C=c1\c(=C/Cc2ccc(NC(=O)NC3CCCC3)cc2)sc2c(N)ncnc12. The first kappa shape index (κ1) is 20.1. The summed E-state index contributed by atoms with van der Waals surface area (Å²) in [4.78, 5) is 20.6. The number of amides is 2. The van der Waals surface area contributed by atoms with Crippen LogP contribution in [-0.4, -0.2) is 22.0 Å². The molecule has 0 radical (unpaired) electrons. The second-order valence-corrected chi connectivity index (χ2v) is 8.46. The number of thiophene rings is 1. The number of aromatic nitrogens is 2. The number of nitrogen functional groups attached to an aromatic ring is 1. The third kappa shape index (κ3) is 4.52. The average Bonchev–Trinajstić information content (AvgIpc) is 3.37. The van der Waals surface area contributed by atoms with Gasteiger partial charge in [0.1, 0.15) is 12.1 Å². The van der Waals surface area contributed by atoms with E-state index in [1.807, 2.05) is 30.3 Å². The summed E-state index contributed by atoms with van der Waals surface area (Å²) in [5, 5.41) is 6.97. The van der Waals surface area contributed by atoms with Crippen LogP contribution in [0.4, 0.5) is 16.3 Å². The van der Waals surface area contributed by atoms with E-state index < -0.39 is 0 Å². The Labute approximate surface area is 179 Å². The molecule has 7 heteroatoms. The second kappa shape index (κ2) is 9.09. The van der Waals surface area contributed by atoms with Gasteiger partial charge in [-0.05, 0) is 37.0 Å². The summed E-state index contributed by atoms with van der Waals surface area (Å²) in [6, 6.07) is 8.10. The standard InChI is InChI=1S/C23H25N5OS/c1-2-5-18-19(30-21-20(18)25-14-26-22(21)24)13-10-15-8-11-17(12-9-15)28-23(29)27-16-6-3-4-7-16/h2,5,8-9,11-14,16H,1,3-4,6-7,10H2,(H2,24,25,26)(H2,27,28,29)/b18-5+,19-13+. The van der Waals surface area contributed by atoms with Gasteiger partial charge in [0.15, 0.2) is 0 Å². The number of fused-ring (bicyclic) bond motifs is 1. The van der Waals surface area contributed by atoms with E-state index >= 15 is 0 Å². The van der Waals surface area contributed by atoms with E-state index in [2.05, 4.69) is 33.3 Å². The fourth-order valence-corrected chi connectivity index (χ4v) is 4.83. The van der Waals surface area contributed by atoms with E-state index in [1.165, 1.54) is 19.2 Å². The molecule has 30 heavy (non-hydrogen) atoms. The highest BCUT2D eigenvalue weighted by atomic mass is 32.1. The molecule has 0 aliphatic heterocycles. The van der Waals surface area contributed by atoms with E-state index in [9.17, 15) is 4.79 Å². The zero-order valence-corrected chi connectivity index (χ0v) is 17.5. The molecule has 0 bridgehead atoms. The molecule has 1 aliphatic rings. The number of carbonyl (C=O) groups is 1. The first-order valence-corrected chi connectivity index (χ1v) is 10.9. The van der Waals surface area contributed by atoms with Crippen LogP contribution in [0.1, 0.15) is 31.2 Å². The van der Waals surface area contributed by atoms with E-state index in [0.717, 1.165) is 50.5 Å². The van der Waals surface area contributed by atoms with Crippen LogP contribution in [0.5, 0.6) is 0 Å². The van der Waals surface area contributed by atoms with Gasteiger partial charge in [-0.2, -0.15) is 0 Å². The third-order valence-electron chi connectivity index (χ3n) is 5.27. The van der Waals surface area contributed by atoms with Gasteiger partial charge in [-0.3, -0.25) is 0 Å². The summed E-state index contributed by atoms with van der Waals surface area (Å²) in [5.74, 6) is 0.495. The summed E-state index contributed by atoms with van der Waals surface area (Å²) in [7, 11) is 0. The molecule has 4 rings (SSSR count). The number of nitrogens with two attached hydrogens (primary N) is 1. The molecule has 1 aromatic carbocycles. The molecule has 2 heterocycles. The minimum absolute atomic E-state index is 0.130. The highest BCUT2D eigenvalue weighted by Crippen LogP contribution is 2.18. The van der Waals surface area contributed by atoms with Crippen molar-refractivity contribution in [2.24, 2.45) is 0 Å². The van der Waals surface area contributed by atoms with Gasteiger partial charge in [0.25, 0.3) is 0 Å². The Hall–Kier alpha value is -3.19. The number of rotatable bonds is 5. The fraction of sp³-hybridized carbons (Fsp3) is 0.261. The number of nitrogens with zero attached hydrogens (tertiary/aromatic N) is 2. The maximum atomic E-state index is 12.1. The van der Waals surface area contributed by atoms with Gasteiger partial charge in [0.05, 0.1) is 10.2 Å². The lowest BCUT2D eigenvalue weighted by Gasteiger charge is -2.13. The van der Waals surface area contributed by atoms with Crippen LogP contribution in [0.15, 0.2) is 43.2 Å².